The predicted octanol–water partition coefficient (Wildman–Crippen LogP) is -6.69. The van der Waals surface area contributed by atoms with Gasteiger partial charge in [-0.15, -0.1) is 0 Å². The number of nitriles is 2. The molecule has 14 heteroatoms. The molecule has 0 radical (unpaired) electrons. The fourth-order valence-corrected chi connectivity index (χ4v) is 1.39. The molecule has 0 unspecified atom stereocenters. The van der Waals surface area contributed by atoms with E-state index < -0.39 is 12.0 Å². The van der Waals surface area contributed by atoms with E-state index in [0.29, 0.717) is 0 Å². The van der Waals surface area contributed by atoms with E-state index in [1.54, 1.807) is 10.8 Å². The van der Waals surface area contributed by atoms with E-state index in [2.05, 4.69) is 0 Å². The van der Waals surface area contributed by atoms with Crippen LogP contribution in [0.3, 0.4) is 0 Å². The molecular formula is C4H4N6Na2O2S4. The molecule has 0 fully saturated rings. The van der Waals surface area contributed by atoms with Crippen LogP contribution in [0.2, 0.25) is 0 Å². The second-order valence-electron chi connectivity index (χ2n) is 1.38. The van der Waals surface area contributed by atoms with Crippen molar-refractivity contribution in [3.63, 3.8) is 0 Å². The first kappa shape index (κ1) is 27.3. The van der Waals surface area contributed by atoms with Gasteiger partial charge in [0.2, 0.25) is 0 Å². The summed E-state index contributed by atoms with van der Waals surface area (Å²) < 4.78 is 4.06. The zero-order chi connectivity index (χ0) is 12.8. The Morgan fingerprint density at radius 1 is 0.889 bits per heavy atom. The summed E-state index contributed by atoms with van der Waals surface area (Å²) in [5.74, 6) is 0. The van der Waals surface area contributed by atoms with Crippen LogP contribution in [0.4, 0.5) is 0 Å². The molecule has 0 aromatic heterocycles. The number of hydrogen-bond acceptors (Lipinski definition) is 10. The molecule has 0 aromatic rings. The van der Waals surface area contributed by atoms with Gasteiger partial charge in [0.15, 0.2) is 0 Å². The van der Waals surface area contributed by atoms with Gasteiger partial charge >= 0.3 is 59.1 Å². The molecule has 4 N–H and O–H groups in total. The van der Waals surface area contributed by atoms with Gasteiger partial charge in [-0.2, -0.15) is 10.5 Å². The Balaban J connectivity index is -0.0000000980. The van der Waals surface area contributed by atoms with Crippen LogP contribution in [-0.4, -0.2) is 12.0 Å². The minimum atomic E-state index is -0.891. The van der Waals surface area contributed by atoms with Crippen LogP contribution in [0.25, 0.3) is 0 Å². The van der Waals surface area contributed by atoms with E-state index in [-0.39, 0.29) is 59.1 Å². The normalized spacial score (nSPS) is 6.56. The van der Waals surface area contributed by atoms with Crippen LogP contribution in [-0.2, 0) is 0 Å². The molecule has 0 amide bonds. The molecular weight excluding hydrogens is 338 g/mol. The summed E-state index contributed by atoms with van der Waals surface area (Å²) in [5, 5.41) is 51.1. The molecule has 8 nitrogen and oxygen atoms in total. The van der Waals surface area contributed by atoms with Crippen molar-refractivity contribution in [3.05, 3.63) is 0 Å². The number of amidine groups is 2. The minimum Gasteiger partial charge on any atom is -0.846 e. The molecule has 0 aromatic carbocycles. The third-order valence-corrected chi connectivity index (χ3v) is 2.73. The molecule has 0 aliphatic heterocycles. The molecule has 0 heterocycles. The van der Waals surface area contributed by atoms with E-state index >= 15 is 0 Å². The Labute approximate surface area is 164 Å². The molecule has 88 valence electrons. The Hall–Kier alpha value is 0.920. The first-order valence-corrected chi connectivity index (χ1v) is 7.30. The second kappa shape index (κ2) is 23.0. The summed E-state index contributed by atoms with van der Waals surface area (Å²) >= 11 is 0. The summed E-state index contributed by atoms with van der Waals surface area (Å²) in [6, 6.07) is -1.78. The SMILES string of the molecule is N#CSSNC(=N)[O-].N#CSSNC(=N)[O-].[Na+].[Na+]. The molecule has 0 atom stereocenters. The average molecular weight is 342 g/mol. The monoisotopic (exact) mass is 342 g/mol. The van der Waals surface area contributed by atoms with E-state index in [4.69, 9.17) is 21.3 Å². The first-order valence-electron chi connectivity index (χ1n) is 3.01. The molecule has 0 saturated heterocycles. The van der Waals surface area contributed by atoms with Gasteiger partial charge in [-0.05, 0) is 0 Å². The number of nitrogens with one attached hydrogen (secondary N) is 4. The maximum absolute atomic E-state index is 9.73. The van der Waals surface area contributed by atoms with Crippen molar-refractivity contribution < 1.29 is 69.3 Å². The van der Waals surface area contributed by atoms with Gasteiger partial charge in [-0.25, -0.2) is 0 Å². The first-order chi connectivity index (χ1) is 7.54. The fraction of sp³-hybridized carbons (Fsp3) is 0. The summed E-state index contributed by atoms with van der Waals surface area (Å²) in [4.78, 5) is 0. The van der Waals surface area contributed by atoms with Gasteiger partial charge in [0, 0.05) is 43.5 Å². The zero-order valence-corrected chi connectivity index (χ0v) is 16.6. The average Bonchev–Trinajstić information content (AvgIpc) is 2.18. The van der Waals surface area contributed by atoms with E-state index in [9.17, 15) is 10.2 Å². The third kappa shape index (κ3) is 36.0. The van der Waals surface area contributed by atoms with Crippen LogP contribution in [0, 0.1) is 32.1 Å². The van der Waals surface area contributed by atoms with Gasteiger partial charge < -0.3 is 19.7 Å². The van der Waals surface area contributed by atoms with E-state index in [1.807, 2.05) is 9.44 Å². The Morgan fingerprint density at radius 2 is 1.17 bits per heavy atom. The van der Waals surface area contributed by atoms with Crippen molar-refractivity contribution in [1.82, 2.24) is 9.44 Å². The van der Waals surface area contributed by atoms with Crippen molar-refractivity contribution in [3.8, 4) is 10.8 Å². The summed E-state index contributed by atoms with van der Waals surface area (Å²) in [5.41, 5.74) is 0. The van der Waals surface area contributed by atoms with Crippen LogP contribution >= 0.6 is 43.5 Å². The van der Waals surface area contributed by atoms with Crippen molar-refractivity contribution in [2.45, 2.75) is 0 Å². The third-order valence-electron chi connectivity index (χ3n) is 0.427. The largest absolute Gasteiger partial charge is 1.00 e. The van der Waals surface area contributed by atoms with Crippen molar-refractivity contribution in [1.29, 1.82) is 21.3 Å². The molecule has 0 aliphatic rings. The topological polar surface area (TPSA) is 165 Å². The predicted molar refractivity (Wildman–Crippen MR) is 63.3 cm³/mol. The standard InChI is InChI=1S/2C2H3N3OS2.2Na/c2*3-1-7-8-5-2(4)6;;/h2*(H3,4,5,6);;/q;;2*+1/p-2. The van der Waals surface area contributed by atoms with Gasteiger partial charge in [-0.3, -0.25) is 10.8 Å². The maximum atomic E-state index is 9.73. The van der Waals surface area contributed by atoms with E-state index in [1.165, 1.54) is 0 Å². The Morgan fingerprint density at radius 3 is 1.33 bits per heavy atom. The van der Waals surface area contributed by atoms with Crippen molar-refractivity contribution >= 4 is 55.6 Å². The second-order valence-corrected chi connectivity index (χ2v) is 4.82. The van der Waals surface area contributed by atoms with Crippen LogP contribution in [0.1, 0.15) is 0 Å². The molecule has 0 aliphatic carbocycles. The smallest absolute Gasteiger partial charge is 0.846 e. The number of rotatable bonds is 4. The fourth-order valence-electron chi connectivity index (χ4n) is 0.155. The number of nitrogens with zero attached hydrogens (tertiary/aromatic N) is 2. The number of hydrogen-bond donors (Lipinski definition) is 4. The molecule has 0 rings (SSSR count). The molecule has 0 saturated carbocycles. The quantitative estimate of drug-likeness (QED) is 0.0733. The summed E-state index contributed by atoms with van der Waals surface area (Å²) in [7, 11) is 3.27. The van der Waals surface area contributed by atoms with E-state index in [0.717, 1.165) is 43.5 Å². The molecule has 0 spiro atoms. The van der Waals surface area contributed by atoms with Gasteiger partial charge in [0.05, 0.1) is 12.0 Å². The Kier molecular flexibility index (Phi) is 34.9. The zero-order valence-electron chi connectivity index (χ0n) is 9.34. The molecule has 0 bridgehead atoms. The number of thiocyanates is 2. The summed E-state index contributed by atoms with van der Waals surface area (Å²) in [6.45, 7) is 0. The minimum absolute atomic E-state index is 0. The Bertz CT molecular complexity index is 277. The van der Waals surface area contributed by atoms with Crippen LogP contribution in [0.15, 0.2) is 0 Å². The van der Waals surface area contributed by atoms with Crippen LogP contribution < -0.4 is 78.8 Å². The van der Waals surface area contributed by atoms with Crippen LogP contribution in [0.5, 0.6) is 0 Å². The van der Waals surface area contributed by atoms with Gasteiger partial charge in [-0.1, -0.05) is 0 Å². The van der Waals surface area contributed by atoms with Gasteiger partial charge in [0.25, 0.3) is 0 Å². The van der Waals surface area contributed by atoms with Gasteiger partial charge in [0.1, 0.15) is 10.8 Å². The maximum Gasteiger partial charge on any atom is 1.00 e. The summed E-state index contributed by atoms with van der Waals surface area (Å²) in [6.07, 6.45) is 0. The van der Waals surface area contributed by atoms with Crippen molar-refractivity contribution in [2.75, 3.05) is 0 Å². The molecule has 18 heavy (non-hydrogen) atoms. The van der Waals surface area contributed by atoms with Crippen molar-refractivity contribution in [2.24, 2.45) is 0 Å².